The van der Waals surface area contributed by atoms with Gasteiger partial charge < -0.3 is 65.1 Å². The molecule has 0 spiro atoms. The van der Waals surface area contributed by atoms with E-state index in [-0.39, 0.29) is 18.9 Å². The fraction of sp³-hybridized carbons (Fsp3) is 0.810. The quantitative estimate of drug-likeness (QED) is 0.0204. The van der Waals surface area contributed by atoms with Crippen molar-refractivity contribution in [3.63, 3.8) is 0 Å². The monoisotopic (exact) mass is 1310 g/mol. The molecule has 12 unspecified atom stereocenters. The zero-order valence-electron chi connectivity index (χ0n) is 59.0. The SMILES string of the molecule is CC/C=C\C/C=C\C/C=C\C/C=C\CCCCCCCCCCCCCCCCCCC(=O)NC(COC1OC(CO)C(OC2OC(CO)C(O)C(O)C2O)C(O)C1O)C(O)/C=C/CC/C=C/CC/C=C/CCCCCCCCCCCCCCCCCCCCCC. The van der Waals surface area contributed by atoms with Crippen molar-refractivity contribution in [2.24, 2.45) is 0 Å². The van der Waals surface area contributed by atoms with Crippen LogP contribution in [0.3, 0.4) is 0 Å². The molecule has 9 N–H and O–H groups in total. The molecule has 1 amide bonds. The van der Waals surface area contributed by atoms with Crippen LogP contribution in [0, 0.1) is 0 Å². The Bertz CT molecular complexity index is 1890. The fourth-order valence-corrected chi connectivity index (χ4v) is 12.3. The van der Waals surface area contributed by atoms with Gasteiger partial charge in [-0.05, 0) is 83.5 Å². The van der Waals surface area contributed by atoms with Crippen molar-refractivity contribution in [2.45, 2.75) is 389 Å². The minimum atomic E-state index is -1.80. The molecular formula is C79H141NO13. The number of aliphatic hydroxyl groups is 8. The van der Waals surface area contributed by atoms with Crippen LogP contribution >= 0.6 is 0 Å². The van der Waals surface area contributed by atoms with Crippen LogP contribution in [0.5, 0.6) is 0 Å². The molecular weight excluding hydrogens is 1170 g/mol. The summed E-state index contributed by atoms with van der Waals surface area (Å²) in [6, 6.07) is -0.944. The van der Waals surface area contributed by atoms with E-state index in [1.165, 1.54) is 212 Å². The zero-order valence-corrected chi connectivity index (χ0v) is 59.0. The maximum Gasteiger partial charge on any atom is 0.220 e. The molecule has 0 saturated carbocycles. The summed E-state index contributed by atoms with van der Waals surface area (Å²) >= 11 is 0. The van der Waals surface area contributed by atoms with E-state index in [4.69, 9.17) is 18.9 Å². The van der Waals surface area contributed by atoms with Crippen LogP contribution in [0.1, 0.15) is 316 Å². The number of carbonyl (C=O) groups is 1. The molecule has 0 aromatic heterocycles. The van der Waals surface area contributed by atoms with Gasteiger partial charge >= 0.3 is 0 Å². The molecule has 2 fully saturated rings. The molecule has 0 radical (unpaired) electrons. The van der Waals surface area contributed by atoms with Gasteiger partial charge in [0.05, 0.1) is 32.0 Å². The first-order valence-corrected chi connectivity index (χ1v) is 38.3. The third-order valence-electron chi connectivity index (χ3n) is 18.3. The number of rotatable bonds is 63. The smallest absolute Gasteiger partial charge is 0.220 e. The molecule has 12 atom stereocenters. The first-order valence-electron chi connectivity index (χ1n) is 38.3. The number of carbonyl (C=O) groups excluding carboxylic acids is 1. The summed E-state index contributed by atoms with van der Waals surface area (Å²) in [6.45, 7) is 2.70. The van der Waals surface area contributed by atoms with Gasteiger partial charge in [0.15, 0.2) is 12.6 Å². The van der Waals surface area contributed by atoms with E-state index in [1.807, 2.05) is 6.08 Å². The number of amides is 1. The molecule has 93 heavy (non-hydrogen) atoms. The van der Waals surface area contributed by atoms with Crippen LogP contribution in [0.25, 0.3) is 0 Å². The Morgan fingerprint density at radius 3 is 1.18 bits per heavy atom. The summed E-state index contributed by atoms with van der Waals surface area (Å²) in [7, 11) is 0. The van der Waals surface area contributed by atoms with Crippen LogP contribution in [-0.4, -0.2) is 140 Å². The lowest BCUT2D eigenvalue weighted by Gasteiger charge is -2.46. The molecule has 0 aromatic carbocycles. The van der Waals surface area contributed by atoms with Crippen molar-refractivity contribution in [1.29, 1.82) is 0 Å². The molecule has 540 valence electrons. The number of unbranched alkanes of at least 4 members (excludes halogenated alkanes) is 38. The highest BCUT2D eigenvalue weighted by molar-refractivity contribution is 5.76. The number of ether oxygens (including phenoxy) is 4. The van der Waals surface area contributed by atoms with E-state index in [1.54, 1.807) is 6.08 Å². The second-order valence-corrected chi connectivity index (χ2v) is 26.7. The van der Waals surface area contributed by atoms with E-state index in [0.717, 1.165) is 70.6 Å². The van der Waals surface area contributed by atoms with Crippen molar-refractivity contribution < 1.29 is 64.6 Å². The first kappa shape index (κ1) is 86.3. The Balaban J connectivity index is 1.67. The fourth-order valence-electron chi connectivity index (χ4n) is 12.3. The second kappa shape index (κ2) is 62.7. The molecule has 2 heterocycles. The number of allylic oxidation sites excluding steroid dienone is 13. The van der Waals surface area contributed by atoms with Crippen molar-refractivity contribution in [1.82, 2.24) is 5.32 Å². The number of aliphatic hydroxyl groups excluding tert-OH is 8. The largest absolute Gasteiger partial charge is 0.394 e. The number of hydrogen-bond donors (Lipinski definition) is 9. The summed E-state index contributed by atoms with van der Waals surface area (Å²) in [4.78, 5) is 13.4. The molecule has 0 bridgehead atoms. The summed E-state index contributed by atoms with van der Waals surface area (Å²) in [5.41, 5.74) is 0. The summed E-state index contributed by atoms with van der Waals surface area (Å²) in [5, 5.41) is 87.6. The van der Waals surface area contributed by atoms with Crippen molar-refractivity contribution >= 4 is 5.91 Å². The maximum absolute atomic E-state index is 13.4. The highest BCUT2D eigenvalue weighted by atomic mass is 16.7. The third kappa shape index (κ3) is 46.1. The normalized spacial score (nSPS) is 23.0. The lowest BCUT2D eigenvalue weighted by atomic mass is 9.97. The molecule has 0 aromatic rings. The van der Waals surface area contributed by atoms with Crippen LogP contribution in [0.2, 0.25) is 0 Å². The van der Waals surface area contributed by atoms with Crippen molar-refractivity contribution in [2.75, 3.05) is 19.8 Å². The van der Waals surface area contributed by atoms with E-state index >= 15 is 0 Å². The van der Waals surface area contributed by atoms with Gasteiger partial charge in [-0.25, -0.2) is 0 Å². The lowest BCUT2D eigenvalue weighted by Crippen LogP contribution is -2.65. The van der Waals surface area contributed by atoms with Gasteiger partial charge in [-0.2, -0.15) is 0 Å². The van der Waals surface area contributed by atoms with Gasteiger partial charge in [-0.15, -0.1) is 0 Å². The van der Waals surface area contributed by atoms with E-state index < -0.39 is 86.8 Å². The average molecular weight is 1310 g/mol. The summed E-state index contributed by atoms with van der Waals surface area (Å²) < 4.78 is 22.9. The molecule has 14 heteroatoms. The van der Waals surface area contributed by atoms with Gasteiger partial charge in [0.2, 0.25) is 5.91 Å². The predicted octanol–water partition coefficient (Wildman–Crippen LogP) is 16.7. The molecule has 2 saturated heterocycles. The number of nitrogens with one attached hydrogen (secondary N) is 1. The van der Waals surface area contributed by atoms with Crippen LogP contribution in [-0.2, 0) is 23.7 Å². The highest BCUT2D eigenvalue weighted by Crippen LogP contribution is 2.30. The average Bonchev–Trinajstić information content (AvgIpc) is 0.854. The highest BCUT2D eigenvalue weighted by Gasteiger charge is 2.51. The Morgan fingerprint density at radius 1 is 0.398 bits per heavy atom. The lowest BCUT2D eigenvalue weighted by molar-refractivity contribution is -0.359. The van der Waals surface area contributed by atoms with Gasteiger partial charge in [-0.1, -0.05) is 311 Å². The predicted molar refractivity (Wildman–Crippen MR) is 383 cm³/mol. The van der Waals surface area contributed by atoms with Gasteiger partial charge in [0.25, 0.3) is 0 Å². The van der Waals surface area contributed by atoms with Crippen molar-refractivity contribution in [3.8, 4) is 0 Å². The van der Waals surface area contributed by atoms with Gasteiger partial charge in [0.1, 0.15) is 48.8 Å². The molecule has 2 aliphatic rings. The molecule has 2 aliphatic heterocycles. The second-order valence-electron chi connectivity index (χ2n) is 26.7. The van der Waals surface area contributed by atoms with Gasteiger partial charge in [-0.3, -0.25) is 4.79 Å². The van der Waals surface area contributed by atoms with Crippen molar-refractivity contribution in [3.05, 3.63) is 85.1 Å². The Kier molecular flexibility index (Phi) is 58.1. The van der Waals surface area contributed by atoms with Crippen LogP contribution in [0.4, 0.5) is 0 Å². The minimum absolute atomic E-state index is 0.252. The van der Waals surface area contributed by atoms with Crippen LogP contribution in [0.15, 0.2) is 85.1 Å². The van der Waals surface area contributed by atoms with Crippen LogP contribution < -0.4 is 5.32 Å². The molecule has 0 aliphatic carbocycles. The van der Waals surface area contributed by atoms with E-state index in [0.29, 0.717) is 12.8 Å². The minimum Gasteiger partial charge on any atom is -0.394 e. The maximum atomic E-state index is 13.4. The first-order chi connectivity index (χ1) is 45.6. The topological polar surface area (TPSA) is 228 Å². The summed E-state index contributed by atoms with van der Waals surface area (Å²) in [6.07, 6.45) is 70.9. The summed E-state index contributed by atoms with van der Waals surface area (Å²) in [5.74, 6) is -0.252. The van der Waals surface area contributed by atoms with E-state index in [2.05, 4.69) is 92.1 Å². The Hall–Kier alpha value is -2.83. The van der Waals surface area contributed by atoms with Gasteiger partial charge in [0, 0.05) is 6.42 Å². The molecule has 14 nitrogen and oxygen atoms in total. The van der Waals surface area contributed by atoms with E-state index in [9.17, 15) is 45.6 Å². The molecule has 2 rings (SSSR count). The Labute approximate surface area is 567 Å². The number of hydrogen-bond acceptors (Lipinski definition) is 13. The third-order valence-corrected chi connectivity index (χ3v) is 18.3. The standard InChI is InChI=1S/C79H141NO13/c1-3-5-7-9-11-13-15-17-19-21-23-25-27-29-31-33-35-36-38-40-42-44-46-48-50-52-54-56-58-60-62-68(83)67(66-90-78-76(89)74(87)77(70(65-82)92-78)93-79-75(88)73(86)72(85)69(64-81)91-79)80-71(84)63-61-59-57-55-53-51-49-47-45-43-41-39-37-34-32-30-28-26-24-22-20-18-16-14-12-10-8-6-4-2/h6,8,12,14,18,20,24,26,44,46,52,54,60,62,67-70,72-79,81-83,85-89H,3-5,7,9-11,13,15-17,19,21-23,25,27-43,45,47-51,53,55-59,61,63-66H2,1-2H3,(H,80,84)/b8-6-,14-12-,20-18-,26-24-,46-44+,54-52+,62-60+. The zero-order chi connectivity index (χ0) is 67.3. The Morgan fingerprint density at radius 2 is 0.753 bits per heavy atom.